The highest BCUT2D eigenvalue weighted by atomic mass is 15.1. The Hall–Kier alpha value is -1.35. The van der Waals surface area contributed by atoms with Gasteiger partial charge in [-0.25, -0.2) is 4.98 Å². The molecule has 3 rings (SSSR count). The minimum atomic E-state index is 0.00741. The van der Waals surface area contributed by atoms with Crippen molar-refractivity contribution in [2.24, 2.45) is 5.73 Å². The Labute approximate surface area is 95.3 Å². The highest BCUT2D eigenvalue weighted by Gasteiger charge is 2.25. The van der Waals surface area contributed by atoms with Crippen molar-refractivity contribution in [2.75, 3.05) is 0 Å². The van der Waals surface area contributed by atoms with E-state index in [-0.39, 0.29) is 6.04 Å². The van der Waals surface area contributed by atoms with E-state index in [9.17, 15) is 0 Å². The van der Waals surface area contributed by atoms with Crippen LogP contribution in [0.2, 0.25) is 0 Å². The Morgan fingerprint density at radius 1 is 1.38 bits per heavy atom. The summed E-state index contributed by atoms with van der Waals surface area (Å²) < 4.78 is 2.35. The van der Waals surface area contributed by atoms with Crippen LogP contribution in [0.3, 0.4) is 0 Å². The van der Waals surface area contributed by atoms with Gasteiger partial charge in [0, 0.05) is 6.04 Å². The summed E-state index contributed by atoms with van der Waals surface area (Å²) in [6.07, 6.45) is 3.86. The van der Waals surface area contributed by atoms with Crippen LogP contribution in [-0.4, -0.2) is 9.55 Å². The number of rotatable bonds is 2. The van der Waals surface area contributed by atoms with Crippen LogP contribution in [0.1, 0.15) is 44.1 Å². The molecule has 0 spiro atoms. The summed E-state index contributed by atoms with van der Waals surface area (Å²) in [6, 6.07) is 8.94. The van der Waals surface area contributed by atoms with Crippen LogP contribution in [0, 0.1) is 0 Å². The van der Waals surface area contributed by atoms with Crippen molar-refractivity contribution in [3.05, 3.63) is 30.1 Å². The third-order valence-corrected chi connectivity index (χ3v) is 3.47. The van der Waals surface area contributed by atoms with Gasteiger partial charge in [0.2, 0.25) is 0 Å². The number of hydrogen-bond acceptors (Lipinski definition) is 2. The molecule has 0 radical (unpaired) electrons. The third-order valence-electron chi connectivity index (χ3n) is 3.47. The molecule has 1 aromatic carbocycles. The molecule has 3 nitrogen and oxygen atoms in total. The van der Waals surface area contributed by atoms with Gasteiger partial charge in [0.25, 0.3) is 0 Å². The molecule has 2 N–H and O–H groups in total. The molecule has 0 amide bonds. The van der Waals surface area contributed by atoms with Crippen LogP contribution in [0.4, 0.5) is 0 Å². The van der Waals surface area contributed by atoms with Gasteiger partial charge in [-0.2, -0.15) is 0 Å². The minimum Gasteiger partial charge on any atom is -0.324 e. The number of para-hydroxylation sites is 2. The van der Waals surface area contributed by atoms with Gasteiger partial charge in [-0.05, 0) is 38.3 Å². The lowest BCUT2D eigenvalue weighted by molar-refractivity contribution is 0.310. The molecular weight excluding hydrogens is 198 g/mol. The Morgan fingerprint density at radius 3 is 2.75 bits per heavy atom. The summed E-state index contributed by atoms with van der Waals surface area (Å²) in [7, 11) is 0. The summed E-state index contributed by atoms with van der Waals surface area (Å²) in [5.74, 6) is 1.03. The average molecular weight is 215 g/mol. The first-order valence-corrected chi connectivity index (χ1v) is 6.00. The largest absolute Gasteiger partial charge is 0.324 e. The molecule has 0 saturated heterocycles. The molecule has 3 heteroatoms. The number of nitrogens with zero attached hydrogens (tertiary/aromatic N) is 2. The van der Waals surface area contributed by atoms with Crippen molar-refractivity contribution >= 4 is 11.0 Å². The summed E-state index contributed by atoms with van der Waals surface area (Å²) in [5, 5.41) is 0. The van der Waals surface area contributed by atoms with Crippen molar-refractivity contribution in [3.8, 4) is 0 Å². The molecule has 1 fully saturated rings. The molecule has 0 aliphatic heterocycles. The lowest BCUT2D eigenvalue weighted by Gasteiger charge is -2.29. The minimum absolute atomic E-state index is 0.00741. The molecule has 1 unspecified atom stereocenters. The Morgan fingerprint density at radius 2 is 2.12 bits per heavy atom. The molecule has 1 aliphatic rings. The molecule has 1 atom stereocenters. The van der Waals surface area contributed by atoms with E-state index in [1.165, 1.54) is 24.8 Å². The molecule has 16 heavy (non-hydrogen) atoms. The Bertz CT molecular complexity index is 509. The number of fused-ring (bicyclic) bond motifs is 1. The first-order chi connectivity index (χ1) is 7.77. The van der Waals surface area contributed by atoms with E-state index >= 15 is 0 Å². The maximum Gasteiger partial charge on any atom is 0.126 e. The van der Waals surface area contributed by atoms with E-state index in [0.717, 1.165) is 11.3 Å². The smallest absolute Gasteiger partial charge is 0.126 e. The summed E-state index contributed by atoms with van der Waals surface area (Å²) in [6.45, 7) is 2.01. The van der Waals surface area contributed by atoms with Gasteiger partial charge in [-0.15, -0.1) is 0 Å². The predicted octanol–water partition coefficient (Wildman–Crippen LogP) is 2.78. The van der Waals surface area contributed by atoms with Gasteiger partial charge in [-0.3, -0.25) is 0 Å². The highest BCUT2D eigenvalue weighted by molar-refractivity contribution is 5.76. The van der Waals surface area contributed by atoms with Gasteiger partial charge in [0.15, 0.2) is 0 Å². The van der Waals surface area contributed by atoms with E-state index in [2.05, 4.69) is 27.8 Å². The fourth-order valence-electron chi connectivity index (χ4n) is 2.41. The van der Waals surface area contributed by atoms with E-state index in [1.54, 1.807) is 0 Å². The predicted molar refractivity (Wildman–Crippen MR) is 65.2 cm³/mol. The Kier molecular flexibility index (Phi) is 2.21. The van der Waals surface area contributed by atoms with Crippen molar-refractivity contribution < 1.29 is 0 Å². The third kappa shape index (κ3) is 1.35. The van der Waals surface area contributed by atoms with E-state index < -0.39 is 0 Å². The highest BCUT2D eigenvalue weighted by Crippen LogP contribution is 2.36. The first kappa shape index (κ1) is 9.85. The molecular formula is C13H17N3. The van der Waals surface area contributed by atoms with Gasteiger partial charge < -0.3 is 10.3 Å². The zero-order valence-corrected chi connectivity index (χ0v) is 9.56. The van der Waals surface area contributed by atoms with Crippen molar-refractivity contribution in [2.45, 2.75) is 38.3 Å². The quantitative estimate of drug-likeness (QED) is 0.837. The van der Waals surface area contributed by atoms with Crippen LogP contribution in [0.5, 0.6) is 0 Å². The average Bonchev–Trinajstić information content (AvgIpc) is 2.56. The second-order valence-corrected chi connectivity index (χ2v) is 4.70. The van der Waals surface area contributed by atoms with Crippen molar-refractivity contribution in [3.63, 3.8) is 0 Å². The van der Waals surface area contributed by atoms with E-state index in [1.807, 2.05) is 13.0 Å². The van der Waals surface area contributed by atoms with Crippen molar-refractivity contribution in [1.82, 2.24) is 9.55 Å². The number of imidazole rings is 1. The summed E-state index contributed by atoms with van der Waals surface area (Å²) in [5.41, 5.74) is 8.32. The van der Waals surface area contributed by atoms with E-state index in [4.69, 9.17) is 5.73 Å². The van der Waals surface area contributed by atoms with Gasteiger partial charge in [0.1, 0.15) is 5.82 Å². The fraction of sp³-hybridized carbons (Fsp3) is 0.462. The fourth-order valence-corrected chi connectivity index (χ4v) is 2.41. The normalized spacial score (nSPS) is 18.6. The molecule has 0 bridgehead atoms. The molecule has 1 aliphatic carbocycles. The number of nitrogens with two attached hydrogens (primary N) is 1. The second-order valence-electron chi connectivity index (χ2n) is 4.70. The zero-order valence-electron chi connectivity index (χ0n) is 9.56. The van der Waals surface area contributed by atoms with Gasteiger partial charge in [-0.1, -0.05) is 12.1 Å². The van der Waals surface area contributed by atoms with Crippen molar-refractivity contribution in [1.29, 1.82) is 0 Å². The number of aromatic nitrogens is 2. The Balaban J connectivity index is 2.23. The molecule has 1 saturated carbocycles. The second kappa shape index (κ2) is 3.59. The topological polar surface area (TPSA) is 43.8 Å². The maximum atomic E-state index is 6.01. The van der Waals surface area contributed by atoms with Gasteiger partial charge >= 0.3 is 0 Å². The molecule has 2 aromatic rings. The van der Waals surface area contributed by atoms with Crippen LogP contribution in [0.25, 0.3) is 11.0 Å². The zero-order chi connectivity index (χ0) is 11.1. The number of benzene rings is 1. The monoisotopic (exact) mass is 215 g/mol. The van der Waals surface area contributed by atoms with Crippen LogP contribution in [-0.2, 0) is 0 Å². The molecule has 1 aromatic heterocycles. The summed E-state index contributed by atoms with van der Waals surface area (Å²) in [4.78, 5) is 4.65. The lowest BCUT2D eigenvalue weighted by atomic mass is 9.92. The standard InChI is InChI=1S/C13H17N3/c1-9(14)13-15-11-7-2-3-8-12(11)16(13)10-5-4-6-10/h2-3,7-10H,4-6,14H2,1H3. The lowest BCUT2D eigenvalue weighted by Crippen LogP contribution is -2.22. The molecule has 84 valence electrons. The maximum absolute atomic E-state index is 6.01. The van der Waals surface area contributed by atoms with Crippen LogP contribution >= 0.6 is 0 Å². The van der Waals surface area contributed by atoms with Gasteiger partial charge in [0.05, 0.1) is 17.1 Å². The van der Waals surface area contributed by atoms with Crippen LogP contribution < -0.4 is 5.73 Å². The summed E-state index contributed by atoms with van der Waals surface area (Å²) >= 11 is 0. The van der Waals surface area contributed by atoms with E-state index in [0.29, 0.717) is 6.04 Å². The SMILES string of the molecule is CC(N)c1nc2ccccc2n1C1CCC1. The first-order valence-electron chi connectivity index (χ1n) is 6.00. The number of hydrogen-bond donors (Lipinski definition) is 1. The molecule has 1 heterocycles. The van der Waals surface area contributed by atoms with Crippen LogP contribution in [0.15, 0.2) is 24.3 Å².